The molecule has 0 aliphatic heterocycles. The van der Waals surface area contributed by atoms with Crippen molar-refractivity contribution < 1.29 is 13.6 Å². The van der Waals surface area contributed by atoms with Gasteiger partial charge in [0.15, 0.2) is 5.58 Å². The third kappa shape index (κ3) is 3.17. The van der Waals surface area contributed by atoms with Gasteiger partial charge >= 0.3 is 0 Å². The summed E-state index contributed by atoms with van der Waals surface area (Å²) in [6, 6.07) is 17.9. The SMILES string of the molecule is O=C(Nc1ccc2oc(-c3ccc(F)cc3)nc2c1)c1ccccc1Cl. The summed E-state index contributed by atoms with van der Waals surface area (Å²) in [4.78, 5) is 16.8. The van der Waals surface area contributed by atoms with Crippen molar-refractivity contribution in [1.82, 2.24) is 4.98 Å². The Morgan fingerprint density at radius 3 is 2.58 bits per heavy atom. The molecule has 4 rings (SSSR count). The number of hydrogen-bond donors (Lipinski definition) is 1. The molecule has 26 heavy (non-hydrogen) atoms. The minimum Gasteiger partial charge on any atom is -0.436 e. The Kier molecular flexibility index (Phi) is 4.14. The summed E-state index contributed by atoms with van der Waals surface area (Å²) in [5.41, 5.74) is 2.79. The molecule has 0 atom stereocenters. The van der Waals surface area contributed by atoms with Crippen LogP contribution in [0.1, 0.15) is 10.4 Å². The number of halogens is 2. The van der Waals surface area contributed by atoms with E-state index < -0.39 is 0 Å². The first-order valence-electron chi connectivity index (χ1n) is 7.82. The first-order valence-corrected chi connectivity index (χ1v) is 8.20. The van der Waals surface area contributed by atoms with Crippen molar-refractivity contribution in [2.24, 2.45) is 0 Å². The van der Waals surface area contributed by atoms with Crippen molar-refractivity contribution in [3.8, 4) is 11.5 Å². The fraction of sp³-hybridized carbons (Fsp3) is 0. The molecular formula is C20H12ClFN2O2. The van der Waals surface area contributed by atoms with Gasteiger partial charge in [0.25, 0.3) is 5.91 Å². The molecule has 3 aromatic carbocycles. The molecule has 4 nitrogen and oxygen atoms in total. The predicted octanol–water partition coefficient (Wildman–Crippen LogP) is 5.54. The maximum atomic E-state index is 13.0. The number of benzene rings is 3. The van der Waals surface area contributed by atoms with Crippen molar-refractivity contribution >= 4 is 34.3 Å². The molecule has 0 saturated carbocycles. The molecule has 0 saturated heterocycles. The lowest BCUT2D eigenvalue weighted by atomic mass is 10.2. The predicted molar refractivity (Wildman–Crippen MR) is 98.8 cm³/mol. The number of rotatable bonds is 3. The fourth-order valence-corrected chi connectivity index (χ4v) is 2.79. The average Bonchev–Trinajstić information content (AvgIpc) is 3.06. The monoisotopic (exact) mass is 366 g/mol. The number of nitrogens with one attached hydrogen (secondary N) is 1. The zero-order valence-corrected chi connectivity index (χ0v) is 14.1. The van der Waals surface area contributed by atoms with E-state index in [2.05, 4.69) is 10.3 Å². The Morgan fingerprint density at radius 2 is 1.81 bits per heavy atom. The highest BCUT2D eigenvalue weighted by Crippen LogP contribution is 2.27. The number of oxazole rings is 1. The topological polar surface area (TPSA) is 55.1 Å². The molecule has 6 heteroatoms. The number of amides is 1. The maximum Gasteiger partial charge on any atom is 0.257 e. The van der Waals surface area contributed by atoms with Crippen LogP contribution in [0, 0.1) is 5.82 Å². The first kappa shape index (κ1) is 16.3. The standard InChI is InChI=1S/C20H12ClFN2O2/c21-16-4-2-1-3-15(16)19(25)23-14-9-10-18-17(11-14)24-20(26-18)12-5-7-13(22)8-6-12/h1-11H,(H,23,25). The summed E-state index contributed by atoms with van der Waals surface area (Å²) < 4.78 is 18.7. The Balaban J connectivity index is 1.62. The van der Waals surface area contributed by atoms with E-state index in [4.69, 9.17) is 16.0 Å². The van der Waals surface area contributed by atoms with Crippen LogP contribution < -0.4 is 5.32 Å². The van der Waals surface area contributed by atoms with Gasteiger partial charge in [-0.2, -0.15) is 0 Å². The Hall–Kier alpha value is -3.18. The van der Waals surface area contributed by atoms with E-state index in [1.807, 2.05) is 0 Å². The molecule has 0 spiro atoms. The van der Waals surface area contributed by atoms with Crippen molar-refractivity contribution in [1.29, 1.82) is 0 Å². The van der Waals surface area contributed by atoms with Crippen LogP contribution in [0.15, 0.2) is 71.1 Å². The van der Waals surface area contributed by atoms with Crippen LogP contribution in [0.2, 0.25) is 5.02 Å². The van der Waals surface area contributed by atoms with Gasteiger partial charge in [-0.25, -0.2) is 9.37 Å². The zero-order chi connectivity index (χ0) is 18.1. The minimum atomic E-state index is -0.325. The summed E-state index contributed by atoms with van der Waals surface area (Å²) in [7, 11) is 0. The molecule has 0 fully saturated rings. The van der Waals surface area contributed by atoms with Crippen molar-refractivity contribution in [3.63, 3.8) is 0 Å². The number of aromatic nitrogens is 1. The molecule has 1 heterocycles. The van der Waals surface area contributed by atoms with E-state index in [0.717, 1.165) is 0 Å². The number of carbonyl (C=O) groups excluding carboxylic acids is 1. The highest BCUT2D eigenvalue weighted by molar-refractivity contribution is 6.34. The van der Waals surface area contributed by atoms with Gasteiger partial charge in [-0.1, -0.05) is 23.7 Å². The van der Waals surface area contributed by atoms with Crippen LogP contribution in [0.3, 0.4) is 0 Å². The van der Waals surface area contributed by atoms with Crippen molar-refractivity contribution in [2.45, 2.75) is 0 Å². The number of anilines is 1. The number of nitrogens with zero attached hydrogens (tertiary/aromatic N) is 1. The van der Waals surface area contributed by atoms with Gasteiger partial charge in [-0.3, -0.25) is 4.79 Å². The van der Waals surface area contributed by atoms with Crippen molar-refractivity contribution in [2.75, 3.05) is 5.32 Å². The summed E-state index contributed by atoms with van der Waals surface area (Å²) in [6.07, 6.45) is 0. The number of carbonyl (C=O) groups is 1. The van der Waals surface area contributed by atoms with E-state index >= 15 is 0 Å². The second-order valence-electron chi connectivity index (χ2n) is 5.64. The van der Waals surface area contributed by atoms with E-state index in [9.17, 15) is 9.18 Å². The maximum absolute atomic E-state index is 13.0. The molecule has 1 aromatic heterocycles. The van der Waals surface area contributed by atoms with Crippen LogP contribution in [-0.4, -0.2) is 10.9 Å². The number of hydrogen-bond acceptors (Lipinski definition) is 3. The van der Waals surface area contributed by atoms with Gasteiger partial charge in [0.2, 0.25) is 5.89 Å². The van der Waals surface area contributed by atoms with Gasteiger partial charge in [-0.15, -0.1) is 0 Å². The quantitative estimate of drug-likeness (QED) is 0.518. The Morgan fingerprint density at radius 1 is 1.04 bits per heavy atom. The van der Waals surface area contributed by atoms with Gasteiger partial charge in [0.05, 0.1) is 10.6 Å². The third-order valence-electron chi connectivity index (χ3n) is 3.86. The van der Waals surface area contributed by atoms with Crippen LogP contribution in [-0.2, 0) is 0 Å². The largest absolute Gasteiger partial charge is 0.436 e. The summed E-state index contributed by atoms with van der Waals surface area (Å²) >= 11 is 6.05. The van der Waals surface area contributed by atoms with Gasteiger partial charge in [-0.05, 0) is 54.6 Å². The van der Waals surface area contributed by atoms with Crippen LogP contribution >= 0.6 is 11.6 Å². The van der Waals surface area contributed by atoms with E-state index in [-0.39, 0.29) is 11.7 Å². The lowest BCUT2D eigenvalue weighted by Crippen LogP contribution is -2.12. The summed E-state index contributed by atoms with van der Waals surface area (Å²) in [6.45, 7) is 0. The zero-order valence-electron chi connectivity index (χ0n) is 13.4. The second kappa shape index (κ2) is 6.61. The van der Waals surface area contributed by atoms with Gasteiger partial charge in [0.1, 0.15) is 11.3 Å². The number of fused-ring (bicyclic) bond motifs is 1. The minimum absolute atomic E-state index is 0.308. The molecule has 0 aliphatic rings. The van der Waals surface area contributed by atoms with Crippen LogP contribution in [0.4, 0.5) is 10.1 Å². The van der Waals surface area contributed by atoms with Crippen LogP contribution in [0.25, 0.3) is 22.6 Å². The highest BCUT2D eigenvalue weighted by atomic mass is 35.5. The molecule has 0 aliphatic carbocycles. The smallest absolute Gasteiger partial charge is 0.257 e. The van der Waals surface area contributed by atoms with Gasteiger partial charge < -0.3 is 9.73 Å². The molecule has 4 aromatic rings. The molecule has 1 amide bonds. The highest BCUT2D eigenvalue weighted by Gasteiger charge is 2.12. The molecular weight excluding hydrogens is 355 g/mol. The molecule has 0 unspecified atom stereocenters. The second-order valence-corrected chi connectivity index (χ2v) is 6.05. The molecule has 128 valence electrons. The van der Waals surface area contributed by atoms with E-state index in [0.29, 0.717) is 38.8 Å². The fourth-order valence-electron chi connectivity index (χ4n) is 2.56. The van der Waals surface area contributed by atoms with Gasteiger partial charge in [0, 0.05) is 11.3 Å². The Labute approximate surface area is 153 Å². The molecule has 0 bridgehead atoms. The molecule has 1 N–H and O–H groups in total. The normalized spacial score (nSPS) is 10.8. The Bertz CT molecular complexity index is 1110. The van der Waals surface area contributed by atoms with Crippen LogP contribution in [0.5, 0.6) is 0 Å². The third-order valence-corrected chi connectivity index (χ3v) is 4.18. The lowest BCUT2D eigenvalue weighted by Gasteiger charge is -2.06. The van der Waals surface area contributed by atoms with Crippen molar-refractivity contribution in [3.05, 3.63) is 83.1 Å². The van der Waals surface area contributed by atoms with E-state index in [1.54, 1.807) is 54.6 Å². The lowest BCUT2D eigenvalue weighted by molar-refractivity contribution is 0.102. The molecule has 0 radical (unpaired) electrons. The van der Waals surface area contributed by atoms with E-state index in [1.165, 1.54) is 12.1 Å². The first-order chi connectivity index (χ1) is 12.6. The summed E-state index contributed by atoms with van der Waals surface area (Å²) in [5.74, 6) is -0.249. The summed E-state index contributed by atoms with van der Waals surface area (Å²) in [5, 5.41) is 3.17. The average molecular weight is 367 g/mol.